The van der Waals surface area contributed by atoms with Crippen LogP contribution in [0.2, 0.25) is 5.82 Å². The average Bonchev–Trinajstić information content (AvgIpc) is 2.02. The predicted molar refractivity (Wildman–Crippen MR) is 57.6 cm³/mol. The van der Waals surface area contributed by atoms with Gasteiger partial charge in [0.15, 0.2) is 0 Å². The second-order valence-corrected chi connectivity index (χ2v) is 4.23. The van der Waals surface area contributed by atoms with Crippen LogP contribution in [0.4, 0.5) is 0 Å². The van der Waals surface area contributed by atoms with Crippen molar-refractivity contribution in [2.24, 2.45) is 5.41 Å². The third-order valence-corrected chi connectivity index (χ3v) is 2.80. The lowest BCUT2D eigenvalue weighted by Crippen LogP contribution is -2.15. The fourth-order valence-electron chi connectivity index (χ4n) is 1.35. The summed E-state index contributed by atoms with van der Waals surface area (Å²) in [7, 11) is 5.92. The Labute approximate surface area is 78.9 Å². The van der Waals surface area contributed by atoms with Gasteiger partial charge in [0.05, 0.1) is 7.85 Å². The molecule has 0 aliphatic carbocycles. The highest BCUT2D eigenvalue weighted by atomic mass is 14.2. The summed E-state index contributed by atoms with van der Waals surface area (Å²) in [5, 5.41) is 0. The molecule has 1 heteroatoms. The summed E-state index contributed by atoms with van der Waals surface area (Å²) in [4.78, 5) is 0. The zero-order chi connectivity index (χ0) is 9.78. The molecule has 0 amide bonds. The Bertz CT molecular complexity index is 156. The molecular weight excluding hydrogens is 143 g/mol. The molecule has 0 fully saturated rings. The van der Waals surface area contributed by atoms with E-state index >= 15 is 0 Å². The van der Waals surface area contributed by atoms with Gasteiger partial charge in [0, 0.05) is 0 Å². The first kappa shape index (κ1) is 11.8. The Hall–Kier alpha value is -0.195. The van der Waals surface area contributed by atoms with Crippen LogP contribution in [0.15, 0.2) is 11.6 Å². The van der Waals surface area contributed by atoms with Crippen LogP contribution in [0.3, 0.4) is 0 Å². The highest BCUT2D eigenvalue weighted by Gasteiger charge is 2.21. The van der Waals surface area contributed by atoms with E-state index in [0.717, 1.165) is 12.8 Å². The van der Waals surface area contributed by atoms with E-state index in [1.807, 2.05) is 0 Å². The Morgan fingerprint density at radius 3 is 2.33 bits per heavy atom. The van der Waals surface area contributed by atoms with Crippen LogP contribution in [-0.2, 0) is 0 Å². The molecule has 0 spiro atoms. The molecule has 0 aliphatic rings. The Morgan fingerprint density at radius 2 is 2.00 bits per heavy atom. The molecule has 0 aromatic carbocycles. The van der Waals surface area contributed by atoms with Gasteiger partial charge in [-0.2, -0.15) is 0 Å². The first-order valence-electron chi connectivity index (χ1n) is 4.83. The molecule has 1 atom stereocenters. The van der Waals surface area contributed by atoms with Crippen molar-refractivity contribution in [3.05, 3.63) is 11.6 Å². The van der Waals surface area contributed by atoms with Crippen LogP contribution >= 0.6 is 0 Å². The fraction of sp³-hybridized carbons (Fsp3) is 0.818. The molecule has 0 nitrogen and oxygen atoms in total. The van der Waals surface area contributed by atoms with Crippen LogP contribution in [-0.4, -0.2) is 7.85 Å². The lowest BCUT2D eigenvalue weighted by Gasteiger charge is -2.29. The molecule has 68 valence electrons. The van der Waals surface area contributed by atoms with Crippen molar-refractivity contribution in [3.8, 4) is 0 Å². The first-order valence-corrected chi connectivity index (χ1v) is 4.83. The van der Waals surface area contributed by atoms with E-state index in [9.17, 15) is 0 Å². The summed E-state index contributed by atoms with van der Waals surface area (Å²) < 4.78 is 0. The third-order valence-electron chi connectivity index (χ3n) is 2.80. The van der Waals surface area contributed by atoms with Gasteiger partial charge in [-0.1, -0.05) is 44.7 Å². The van der Waals surface area contributed by atoms with Gasteiger partial charge in [-0.25, -0.2) is 0 Å². The van der Waals surface area contributed by atoms with Crippen molar-refractivity contribution >= 4 is 7.85 Å². The summed E-state index contributed by atoms with van der Waals surface area (Å²) in [6, 6.07) is 0. The van der Waals surface area contributed by atoms with Crippen LogP contribution in [0.5, 0.6) is 0 Å². The summed E-state index contributed by atoms with van der Waals surface area (Å²) >= 11 is 0. The molecule has 0 heterocycles. The topological polar surface area (TPSA) is 0 Å². The van der Waals surface area contributed by atoms with Gasteiger partial charge >= 0.3 is 0 Å². The Balaban J connectivity index is 4.22. The molecule has 12 heavy (non-hydrogen) atoms. The van der Waals surface area contributed by atoms with E-state index in [4.69, 9.17) is 7.85 Å². The average molecular weight is 164 g/mol. The number of hydrogen-bond donors (Lipinski definition) is 0. The van der Waals surface area contributed by atoms with Gasteiger partial charge in [-0.3, -0.25) is 0 Å². The Morgan fingerprint density at radius 1 is 1.50 bits per heavy atom. The van der Waals surface area contributed by atoms with Gasteiger partial charge in [-0.15, -0.1) is 0 Å². The zero-order valence-corrected chi connectivity index (χ0v) is 9.15. The van der Waals surface area contributed by atoms with Crippen molar-refractivity contribution < 1.29 is 0 Å². The molecule has 1 unspecified atom stereocenters. The molecule has 0 aliphatic heterocycles. The minimum atomic E-state index is 0.268. The van der Waals surface area contributed by atoms with Crippen LogP contribution in [0.25, 0.3) is 0 Å². The largest absolute Gasteiger partial charge is 0.0882 e. The Kier molecular flexibility index (Phi) is 4.66. The summed E-state index contributed by atoms with van der Waals surface area (Å²) in [6.45, 7) is 10.9. The molecule has 0 saturated heterocycles. The molecule has 0 bridgehead atoms. The van der Waals surface area contributed by atoms with E-state index in [0.29, 0.717) is 5.82 Å². The SMILES string of the molecule is [B]C(CC)CC(C)(C)/C(C)=C/C. The van der Waals surface area contributed by atoms with Crippen molar-refractivity contribution in [3.63, 3.8) is 0 Å². The second kappa shape index (κ2) is 4.74. The number of allylic oxidation sites excluding steroid dienone is 2. The molecule has 0 rings (SSSR count). The highest BCUT2D eigenvalue weighted by Crippen LogP contribution is 2.35. The summed E-state index contributed by atoms with van der Waals surface area (Å²) in [5.41, 5.74) is 1.70. The first-order chi connectivity index (χ1) is 5.44. The lowest BCUT2D eigenvalue weighted by atomic mass is 9.70. The van der Waals surface area contributed by atoms with E-state index in [2.05, 4.69) is 40.7 Å². The summed E-state index contributed by atoms with van der Waals surface area (Å²) in [6.07, 6.45) is 4.34. The van der Waals surface area contributed by atoms with Gasteiger partial charge < -0.3 is 0 Å². The van der Waals surface area contributed by atoms with Crippen molar-refractivity contribution in [1.82, 2.24) is 0 Å². The molecule has 2 radical (unpaired) electrons. The van der Waals surface area contributed by atoms with Crippen LogP contribution in [0.1, 0.15) is 47.5 Å². The predicted octanol–water partition coefficient (Wildman–Crippen LogP) is 3.74. The molecular formula is C11H21B. The second-order valence-electron chi connectivity index (χ2n) is 4.23. The molecule has 0 N–H and O–H groups in total. The maximum atomic E-state index is 5.92. The van der Waals surface area contributed by atoms with Crippen molar-refractivity contribution in [2.45, 2.75) is 53.3 Å². The van der Waals surface area contributed by atoms with E-state index in [-0.39, 0.29) is 5.41 Å². The van der Waals surface area contributed by atoms with Crippen LogP contribution in [0, 0.1) is 5.41 Å². The van der Waals surface area contributed by atoms with Crippen LogP contribution < -0.4 is 0 Å². The van der Waals surface area contributed by atoms with Gasteiger partial charge in [0.2, 0.25) is 0 Å². The van der Waals surface area contributed by atoms with E-state index in [1.165, 1.54) is 5.57 Å². The minimum absolute atomic E-state index is 0.268. The lowest BCUT2D eigenvalue weighted by molar-refractivity contribution is 0.391. The standard InChI is InChI=1S/C11H21B/c1-6-9(3)11(4,5)8-10(12)7-2/h6,10H,7-8H2,1-5H3/b9-6+. The monoisotopic (exact) mass is 164 g/mol. The maximum Gasteiger partial charge on any atom is 0.0699 e. The quantitative estimate of drug-likeness (QED) is 0.438. The molecule has 0 aromatic heterocycles. The van der Waals surface area contributed by atoms with Crippen molar-refractivity contribution in [1.29, 1.82) is 0 Å². The van der Waals surface area contributed by atoms with Gasteiger partial charge in [0.25, 0.3) is 0 Å². The van der Waals surface area contributed by atoms with Gasteiger partial charge in [-0.05, 0) is 25.7 Å². The minimum Gasteiger partial charge on any atom is -0.0882 e. The van der Waals surface area contributed by atoms with Gasteiger partial charge in [0.1, 0.15) is 0 Å². The number of rotatable bonds is 4. The fourth-order valence-corrected chi connectivity index (χ4v) is 1.35. The smallest absolute Gasteiger partial charge is 0.0699 e. The highest BCUT2D eigenvalue weighted by molar-refractivity contribution is 6.11. The third kappa shape index (κ3) is 3.47. The maximum absolute atomic E-state index is 5.92. The zero-order valence-electron chi connectivity index (χ0n) is 9.15. The summed E-state index contributed by atoms with van der Waals surface area (Å²) in [5.74, 6) is 0.342. The van der Waals surface area contributed by atoms with E-state index < -0.39 is 0 Å². The molecule has 0 saturated carbocycles. The molecule has 0 aromatic rings. The van der Waals surface area contributed by atoms with Crippen molar-refractivity contribution in [2.75, 3.05) is 0 Å². The van der Waals surface area contributed by atoms with E-state index in [1.54, 1.807) is 0 Å². The number of hydrogen-bond acceptors (Lipinski definition) is 0. The normalized spacial score (nSPS) is 16.2.